The first kappa shape index (κ1) is 24.3. The zero-order valence-corrected chi connectivity index (χ0v) is 22.2. The molecule has 0 aromatic heterocycles. The molecule has 0 radical (unpaired) electrons. The number of allylic oxidation sites excluding steroid dienone is 1. The Balaban J connectivity index is 1.43. The molecule has 35 heavy (non-hydrogen) atoms. The van der Waals surface area contributed by atoms with Gasteiger partial charge in [0, 0.05) is 22.4 Å². The molecule has 1 aliphatic heterocycles. The highest BCUT2D eigenvalue weighted by molar-refractivity contribution is 8.01. The summed E-state index contributed by atoms with van der Waals surface area (Å²) in [5.41, 5.74) is 6.99. The van der Waals surface area contributed by atoms with E-state index in [1.165, 1.54) is 5.57 Å². The van der Waals surface area contributed by atoms with E-state index in [0.29, 0.717) is 24.9 Å². The van der Waals surface area contributed by atoms with Gasteiger partial charge in [-0.2, -0.15) is 0 Å². The Kier molecular flexibility index (Phi) is 5.53. The van der Waals surface area contributed by atoms with Crippen LogP contribution in [0.3, 0.4) is 0 Å². The predicted molar refractivity (Wildman–Crippen MR) is 139 cm³/mol. The van der Waals surface area contributed by atoms with Gasteiger partial charge < -0.3 is 15.9 Å². The number of hydrogen-bond donors (Lipinski definition) is 3. The van der Waals surface area contributed by atoms with E-state index in [-0.39, 0.29) is 16.9 Å². The van der Waals surface area contributed by atoms with E-state index in [4.69, 9.17) is 15.5 Å². The van der Waals surface area contributed by atoms with Gasteiger partial charge in [0.1, 0.15) is 5.60 Å². The molecule has 0 bridgehead atoms. The maximum absolute atomic E-state index is 12.7. The van der Waals surface area contributed by atoms with Gasteiger partial charge in [0.25, 0.3) is 0 Å². The van der Waals surface area contributed by atoms with Crippen molar-refractivity contribution in [2.45, 2.75) is 106 Å². The summed E-state index contributed by atoms with van der Waals surface area (Å²) in [7, 11) is 0. The fourth-order valence-electron chi connectivity index (χ4n) is 8.68. The maximum atomic E-state index is 12.7. The third kappa shape index (κ3) is 3.65. The molecule has 7 atom stereocenters. The van der Waals surface area contributed by atoms with E-state index < -0.39 is 15.9 Å². The Morgan fingerprint density at radius 2 is 1.89 bits per heavy atom. The molecule has 4 fully saturated rings. The lowest BCUT2D eigenvalue weighted by atomic mass is 9.51. The van der Waals surface area contributed by atoms with Crippen LogP contribution in [-0.4, -0.2) is 38.9 Å². The van der Waals surface area contributed by atoms with Crippen molar-refractivity contribution in [3.63, 3.8) is 0 Å². The highest BCUT2D eigenvalue weighted by atomic mass is 32.2. The van der Waals surface area contributed by atoms with Crippen molar-refractivity contribution in [1.29, 1.82) is 0 Å². The zero-order valence-electron chi connectivity index (χ0n) is 21.4. The van der Waals surface area contributed by atoms with Gasteiger partial charge in [0.2, 0.25) is 0 Å². The number of thioether (sulfide) groups is 1. The first-order valence-electron chi connectivity index (χ1n) is 13.5. The second-order valence-electron chi connectivity index (χ2n) is 13.3. The molecule has 1 unspecified atom stereocenters. The third-order valence-electron chi connectivity index (χ3n) is 10.3. The Morgan fingerprint density at radius 3 is 2.66 bits per heavy atom. The summed E-state index contributed by atoms with van der Waals surface area (Å²) < 4.78 is -0.422. The Labute approximate surface area is 213 Å². The molecule has 1 aromatic rings. The summed E-state index contributed by atoms with van der Waals surface area (Å²) in [5.74, 6) is 0.887. The lowest BCUT2D eigenvalue weighted by Crippen LogP contribution is -2.67. The minimum atomic E-state index is -0.898. The predicted octanol–water partition coefficient (Wildman–Crippen LogP) is 5.65. The number of benzene rings is 1. The molecule has 6 rings (SSSR count). The van der Waals surface area contributed by atoms with Crippen LogP contribution in [0.5, 0.6) is 0 Å². The van der Waals surface area contributed by atoms with Gasteiger partial charge in [-0.05, 0) is 86.8 Å². The topological polar surface area (TPSA) is 84.9 Å². The van der Waals surface area contributed by atoms with Gasteiger partial charge in [-0.1, -0.05) is 38.5 Å². The first-order valence-corrected chi connectivity index (χ1v) is 14.3. The quantitative estimate of drug-likeness (QED) is 0.277. The molecule has 192 valence electrons. The fraction of sp³-hybridized carbons (Fsp3) is 0.724. The van der Waals surface area contributed by atoms with Crippen LogP contribution in [0.4, 0.5) is 5.69 Å². The molecule has 5 nitrogen and oxygen atoms in total. The Bertz CT molecular complexity index is 1040. The van der Waals surface area contributed by atoms with E-state index >= 15 is 0 Å². The second-order valence-corrected chi connectivity index (χ2v) is 14.7. The molecule has 0 amide bonds. The molecule has 3 saturated carbocycles. The summed E-state index contributed by atoms with van der Waals surface area (Å²) in [5, 5.41) is 23.6. The van der Waals surface area contributed by atoms with Crippen LogP contribution >= 0.6 is 11.8 Å². The highest BCUT2D eigenvalue weighted by Crippen LogP contribution is 2.68. The van der Waals surface area contributed by atoms with E-state index in [0.717, 1.165) is 61.9 Å². The summed E-state index contributed by atoms with van der Waals surface area (Å²) in [6.07, 6.45) is 9.95. The number of aliphatic hydroxyl groups is 2. The van der Waals surface area contributed by atoms with Crippen LogP contribution < -0.4 is 5.73 Å². The Morgan fingerprint density at radius 1 is 1.06 bits per heavy atom. The summed E-state index contributed by atoms with van der Waals surface area (Å²) in [4.78, 5) is 12.9. The molecular weight excluding hydrogens is 458 g/mol. The number of hydrogen-bond acceptors (Lipinski definition) is 6. The second kappa shape index (κ2) is 7.97. The minimum Gasteiger partial charge on any atom is -0.399 e. The highest BCUT2D eigenvalue weighted by Gasteiger charge is 2.67. The fourth-order valence-corrected chi connectivity index (χ4v) is 10.3. The van der Waals surface area contributed by atoms with Crippen LogP contribution in [0.1, 0.15) is 78.6 Å². The largest absolute Gasteiger partial charge is 0.399 e. The first-order chi connectivity index (χ1) is 16.5. The summed E-state index contributed by atoms with van der Waals surface area (Å²) >= 11 is 1.82. The van der Waals surface area contributed by atoms with Crippen molar-refractivity contribution in [3.8, 4) is 0 Å². The number of aliphatic hydroxyl groups excluding tert-OH is 1. The van der Waals surface area contributed by atoms with Gasteiger partial charge >= 0.3 is 0 Å². The van der Waals surface area contributed by atoms with E-state index in [1.807, 2.05) is 30.0 Å². The Hall–Kier alpha value is -1.05. The lowest BCUT2D eigenvalue weighted by Gasteiger charge is -2.63. The third-order valence-corrected chi connectivity index (χ3v) is 11.9. The molecule has 1 aromatic carbocycles. The van der Waals surface area contributed by atoms with E-state index in [1.54, 1.807) is 0 Å². The maximum Gasteiger partial charge on any atom is 0.107 e. The number of rotatable bonds is 2. The van der Waals surface area contributed by atoms with Crippen LogP contribution in [0, 0.1) is 22.7 Å². The molecule has 5 aliphatic rings. The summed E-state index contributed by atoms with van der Waals surface area (Å²) in [6, 6.07) is 8.11. The van der Waals surface area contributed by atoms with Crippen LogP contribution in [0.25, 0.3) is 0 Å². The number of fused-ring (bicyclic) bond motifs is 5. The van der Waals surface area contributed by atoms with E-state index in [9.17, 15) is 10.2 Å². The van der Waals surface area contributed by atoms with Crippen molar-refractivity contribution in [3.05, 3.63) is 35.9 Å². The number of anilines is 1. The van der Waals surface area contributed by atoms with Crippen molar-refractivity contribution < 1.29 is 20.0 Å². The van der Waals surface area contributed by atoms with Gasteiger partial charge in [-0.3, -0.25) is 0 Å². The molecule has 4 aliphatic carbocycles. The van der Waals surface area contributed by atoms with Crippen molar-refractivity contribution in [2.75, 3.05) is 12.3 Å². The average Bonchev–Trinajstić information content (AvgIpc) is 3.08. The van der Waals surface area contributed by atoms with E-state index in [2.05, 4.69) is 32.9 Å². The van der Waals surface area contributed by atoms with Crippen LogP contribution in [0.2, 0.25) is 0 Å². The van der Waals surface area contributed by atoms with Gasteiger partial charge in [-0.25, -0.2) is 9.78 Å². The minimum absolute atomic E-state index is 0.0265. The molecule has 1 saturated heterocycles. The molecule has 1 spiro atoms. The average molecular weight is 500 g/mol. The lowest BCUT2D eigenvalue weighted by molar-refractivity contribution is -0.417. The molecular formula is C29H41NO4S. The van der Waals surface area contributed by atoms with Gasteiger partial charge in [-0.15, -0.1) is 11.8 Å². The summed E-state index contributed by atoms with van der Waals surface area (Å²) in [6.45, 7) is 7.34. The SMILES string of the molecule is CC1(C)COOC2(CC[C@]3(Sc4cccc(N)c4)C4=CC[C@]5(C)[C@@H](O)CC[C@H]5[C@@H]4CC[C@@]3(O)C2)C1. The number of nitrogen functional groups attached to an aromatic ring is 1. The normalized spacial score (nSPS) is 46.4. The molecule has 1 heterocycles. The van der Waals surface area contributed by atoms with Crippen molar-refractivity contribution in [2.24, 2.45) is 22.7 Å². The molecule has 6 heteroatoms. The van der Waals surface area contributed by atoms with Gasteiger partial charge in [0.05, 0.1) is 23.1 Å². The molecule has 4 N–H and O–H groups in total. The smallest absolute Gasteiger partial charge is 0.107 e. The van der Waals surface area contributed by atoms with Crippen molar-refractivity contribution in [1.82, 2.24) is 0 Å². The van der Waals surface area contributed by atoms with Crippen LogP contribution in [-0.2, 0) is 9.78 Å². The number of nitrogens with two attached hydrogens (primary N) is 1. The van der Waals surface area contributed by atoms with Gasteiger partial charge in [0.15, 0.2) is 0 Å². The standard InChI is InChI=1S/C29H41NO4S/c1-25(2)16-27(34-33-18-25)13-14-29(35-20-6-4-5-19(30)15-20)23-10-11-26(3)22(7-8-24(26)31)21(23)9-12-28(29,32)17-27/h4-6,10,15,21-22,24,31-32H,7-9,11-14,16-18,30H2,1-3H3/t21-,22-,24-,26-,27?,28+,29-/m0/s1. The zero-order chi connectivity index (χ0) is 24.7. The van der Waals surface area contributed by atoms with Crippen molar-refractivity contribution >= 4 is 17.4 Å². The van der Waals surface area contributed by atoms with Crippen LogP contribution in [0.15, 0.2) is 40.8 Å². The monoisotopic (exact) mass is 499 g/mol.